The number of nitrogens with one attached hydrogen (secondary N) is 2. The van der Waals surface area contributed by atoms with Crippen molar-refractivity contribution >= 4 is 5.91 Å². The summed E-state index contributed by atoms with van der Waals surface area (Å²) in [5, 5.41) is 5.81. The van der Waals surface area contributed by atoms with Gasteiger partial charge in [0.2, 0.25) is 5.91 Å². The van der Waals surface area contributed by atoms with Crippen LogP contribution in [0.15, 0.2) is 18.3 Å². The van der Waals surface area contributed by atoms with Crippen molar-refractivity contribution < 1.29 is 4.79 Å². The quantitative estimate of drug-likeness (QED) is 0.749. The van der Waals surface area contributed by atoms with Gasteiger partial charge in [-0.3, -0.25) is 9.78 Å². The lowest BCUT2D eigenvalue weighted by Gasteiger charge is -2.08. The number of carbonyl (C=O) groups excluding carboxylic acids is 1. The Balaban J connectivity index is 2.44. The van der Waals surface area contributed by atoms with Crippen LogP contribution in [0.1, 0.15) is 24.6 Å². The molecule has 0 saturated heterocycles. The van der Waals surface area contributed by atoms with Crippen molar-refractivity contribution in [2.45, 2.75) is 26.3 Å². The van der Waals surface area contributed by atoms with Crippen molar-refractivity contribution in [3.8, 4) is 0 Å². The first-order valence-electron chi connectivity index (χ1n) is 5.62. The molecule has 0 aliphatic carbocycles. The maximum Gasteiger partial charge on any atom is 0.221 e. The van der Waals surface area contributed by atoms with Crippen molar-refractivity contribution in [3.05, 3.63) is 29.6 Å². The van der Waals surface area contributed by atoms with E-state index in [0.717, 1.165) is 12.1 Å². The average molecular weight is 221 g/mol. The molecule has 0 atom stereocenters. The Bertz CT molecular complexity index is 339. The van der Waals surface area contributed by atoms with E-state index in [1.54, 1.807) is 6.20 Å². The molecule has 0 spiro atoms. The fourth-order valence-corrected chi connectivity index (χ4v) is 1.46. The molecule has 0 aliphatic heterocycles. The Kier molecular flexibility index (Phi) is 5.50. The molecular formula is C12H19N3O. The van der Waals surface area contributed by atoms with E-state index in [1.165, 1.54) is 5.56 Å². The third-order valence-electron chi connectivity index (χ3n) is 2.42. The third-order valence-corrected chi connectivity index (χ3v) is 2.42. The molecule has 1 rings (SSSR count). The van der Waals surface area contributed by atoms with Gasteiger partial charge in [0.25, 0.3) is 0 Å². The molecule has 0 saturated carbocycles. The van der Waals surface area contributed by atoms with Gasteiger partial charge in [0, 0.05) is 19.2 Å². The summed E-state index contributed by atoms with van der Waals surface area (Å²) >= 11 is 0. The number of aromatic nitrogens is 1. The van der Waals surface area contributed by atoms with Crippen LogP contribution in [0.25, 0.3) is 0 Å². The van der Waals surface area contributed by atoms with Gasteiger partial charge >= 0.3 is 0 Å². The topological polar surface area (TPSA) is 54.0 Å². The molecule has 0 fully saturated rings. The zero-order valence-corrected chi connectivity index (χ0v) is 9.92. The largest absolute Gasteiger partial charge is 0.350 e. The molecule has 0 unspecified atom stereocenters. The van der Waals surface area contributed by atoms with E-state index >= 15 is 0 Å². The average Bonchev–Trinajstić information content (AvgIpc) is 2.34. The zero-order chi connectivity index (χ0) is 11.8. The highest BCUT2D eigenvalue weighted by Crippen LogP contribution is 2.05. The van der Waals surface area contributed by atoms with Gasteiger partial charge in [0.15, 0.2) is 0 Å². The van der Waals surface area contributed by atoms with Gasteiger partial charge in [0.1, 0.15) is 0 Å². The summed E-state index contributed by atoms with van der Waals surface area (Å²) < 4.78 is 0. The summed E-state index contributed by atoms with van der Waals surface area (Å²) in [5.74, 6) is 0.0575. The van der Waals surface area contributed by atoms with Crippen molar-refractivity contribution in [3.63, 3.8) is 0 Å². The minimum atomic E-state index is 0.0575. The maximum absolute atomic E-state index is 11.4. The van der Waals surface area contributed by atoms with E-state index in [1.807, 2.05) is 19.2 Å². The normalized spacial score (nSPS) is 10.1. The van der Waals surface area contributed by atoms with Crippen LogP contribution < -0.4 is 10.6 Å². The molecule has 88 valence electrons. The maximum atomic E-state index is 11.4. The number of hydrogen-bond acceptors (Lipinski definition) is 3. The summed E-state index contributed by atoms with van der Waals surface area (Å²) in [7, 11) is 1.83. The first-order valence-corrected chi connectivity index (χ1v) is 5.62. The second-order valence-electron chi connectivity index (χ2n) is 3.59. The fraction of sp³-hybridized carbons (Fsp3) is 0.500. The van der Waals surface area contributed by atoms with Crippen molar-refractivity contribution in [2.24, 2.45) is 0 Å². The van der Waals surface area contributed by atoms with Crippen LogP contribution >= 0.6 is 0 Å². The van der Waals surface area contributed by atoms with Gasteiger partial charge in [-0.1, -0.05) is 13.0 Å². The molecule has 0 aliphatic rings. The molecule has 16 heavy (non-hydrogen) atoms. The van der Waals surface area contributed by atoms with Crippen LogP contribution in [0.3, 0.4) is 0 Å². The highest BCUT2D eigenvalue weighted by molar-refractivity contribution is 5.76. The van der Waals surface area contributed by atoms with Gasteiger partial charge < -0.3 is 10.6 Å². The predicted molar refractivity (Wildman–Crippen MR) is 64.0 cm³/mol. The second kappa shape index (κ2) is 6.95. The van der Waals surface area contributed by atoms with Gasteiger partial charge in [0.05, 0.1) is 12.2 Å². The van der Waals surface area contributed by atoms with Crippen molar-refractivity contribution in [1.82, 2.24) is 15.6 Å². The number of nitrogens with zero attached hydrogens (tertiary/aromatic N) is 1. The van der Waals surface area contributed by atoms with E-state index in [2.05, 4.69) is 22.5 Å². The van der Waals surface area contributed by atoms with Gasteiger partial charge in [-0.25, -0.2) is 0 Å². The highest BCUT2D eigenvalue weighted by Gasteiger charge is 2.04. The zero-order valence-electron chi connectivity index (χ0n) is 9.92. The summed E-state index contributed by atoms with van der Waals surface area (Å²) in [6.45, 7) is 3.31. The monoisotopic (exact) mass is 221 g/mol. The van der Waals surface area contributed by atoms with Gasteiger partial charge in [-0.2, -0.15) is 0 Å². The van der Waals surface area contributed by atoms with Crippen molar-refractivity contribution in [1.29, 1.82) is 0 Å². The van der Waals surface area contributed by atoms with E-state index in [9.17, 15) is 4.79 Å². The van der Waals surface area contributed by atoms with E-state index in [-0.39, 0.29) is 5.91 Å². The smallest absolute Gasteiger partial charge is 0.221 e. The number of rotatable bonds is 6. The van der Waals surface area contributed by atoms with Crippen LogP contribution in [0, 0.1) is 0 Å². The molecule has 1 amide bonds. The van der Waals surface area contributed by atoms with Gasteiger partial charge in [-0.15, -0.1) is 0 Å². The Morgan fingerprint density at radius 3 is 3.00 bits per heavy atom. The first-order chi connectivity index (χ1) is 7.77. The van der Waals surface area contributed by atoms with Crippen LogP contribution in [0.5, 0.6) is 0 Å². The van der Waals surface area contributed by atoms with Crippen LogP contribution in [-0.2, 0) is 17.8 Å². The molecule has 0 aromatic carbocycles. The molecule has 1 aromatic rings. The van der Waals surface area contributed by atoms with Crippen LogP contribution in [-0.4, -0.2) is 24.5 Å². The highest BCUT2D eigenvalue weighted by atomic mass is 16.1. The van der Waals surface area contributed by atoms with E-state index in [0.29, 0.717) is 19.5 Å². The molecule has 2 N–H and O–H groups in total. The summed E-state index contributed by atoms with van der Waals surface area (Å²) in [4.78, 5) is 15.7. The molecule has 4 heteroatoms. The van der Waals surface area contributed by atoms with Crippen LogP contribution in [0.4, 0.5) is 0 Å². The molecule has 4 nitrogen and oxygen atoms in total. The molecule has 0 bridgehead atoms. The lowest BCUT2D eigenvalue weighted by molar-refractivity contribution is -0.121. The Hall–Kier alpha value is -1.42. The Morgan fingerprint density at radius 2 is 2.31 bits per heavy atom. The SMILES string of the molecule is CCc1cccnc1CNC(=O)CCNC. The molecule has 1 aromatic heterocycles. The third kappa shape index (κ3) is 3.98. The standard InChI is InChI=1S/C12H19N3O/c1-3-10-5-4-7-14-11(10)9-15-12(16)6-8-13-2/h4-5,7,13H,3,6,8-9H2,1-2H3,(H,15,16). The fourth-order valence-electron chi connectivity index (χ4n) is 1.46. The lowest BCUT2D eigenvalue weighted by Crippen LogP contribution is -2.26. The lowest BCUT2D eigenvalue weighted by atomic mass is 10.1. The number of hydrogen-bond donors (Lipinski definition) is 2. The Morgan fingerprint density at radius 1 is 1.50 bits per heavy atom. The van der Waals surface area contributed by atoms with Crippen LogP contribution in [0.2, 0.25) is 0 Å². The number of aryl methyl sites for hydroxylation is 1. The summed E-state index contributed by atoms with van der Waals surface area (Å²) in [6, 6.07) is 3.97. The van der Waals surface area contributed by atoms with E-state index < -0.39 is 0 Å². The minimum Gasteiger partial charge on any atom is -0.350 e. The minimum absolute atomic E-state index is 0.0575. The molecular weight excluding hydrogens is 202 g/mol. The number of pyridine rings is 1. The van der Waals surface area contributed by atoms with E-state index in [4.69, 9.17) is 0 Å². The predicted octanol–water partition coefficient (Wildman–Crippen LogP) is 0.870. The Labute approximate surface area is 96.5 Å². The summed E-state index contributed by atoms with van der Waals surface area (Å²) in [5.41, 5.74) is 2.15. The molecule has 1 heterocycles. The number of amides is 1. The second-order valence-corrected chi connectivity index (χ2v) is 3.59. The summed E-state index contributed by atoms with van der Waals surface area (Å²) in [6.07, 6.45) is 3.20. The molecule has 0 radical (unpaired) electrons. The first kappa shape index (κ1) is 12.6. The number of carbonyl (C=O) groups is 1. The van der Waals surface area contributed by atoms with Gasteiger partial charge in [-0.05, 0) is 25.1 Å². The van der Waals surface area contributed by atoms with Crippen molar-refractivity contribution in [2.75, 3.05) is 13.6 Å².